The summed E-state index contributed by atoms with van der Waals surface area (Å²) in [4.78, 5) is 12.8. The fourth-order valence-electron chi connectivity index (χ4n) is 3.28. The van der Waals surface area contributed by atoms with Gasteiger partial charge in [-0.25, -0.2) is 12.8 Å². The molecule has 0 aliphatic heterocycles. The van der Waals surface area contributed by atoms with E-state index in [1.807, 2.05) is 13.8 Å². The van der Waals surface area contributed by atoms with Gasteiger partial charge in [0.05, 0.1) is 11.4 Å². The third kappa shape index (κ3) is 6.63. The summed E-state index contributed by atoms with van der Waals surface area (Å²) in [6.07, 6.45) is 0.500. The molecular formula is C25H26ClFN2O3S. The van der Waals surface area contributed by atoms with Crippen molar-refractivity contribution >= 4 is 27.5 Å². The normalized spacial score (nSPS) is 11.5. The third-order valence-corrected chi connectivity index (χ3v) is 7.55. The summed E-state index contributed by atoms with van der Waals surface area (Å²) < 4.78 is 41.1. The van der Waals surface area contributed by atoms with Gasteiger partial charge in [0.25, 0.3) is 0 Å². The van der Waals surface area contributed by atoms with E-state index in [2.05, 4.69) is 5.32 Å². The highest BCUT2D eigenvalue weighted by Gasteiger charge is 2.27. The van der Waals surface area contributed by atoms with E-state index < -0.39 is 15.9 Å². The van der Waals surface area contributed by atoms with Crippen molar-refractivity contribution in [2.45, 2.75) is 31.7 Å². The average Bonchev–Trinajstić information content (AvgIpc) is 2.78. The number of nitrogens with one attached hydrogen (secondary N) is 1. The molecule has 0 radical (unpaired) electrons. The molecule has 0 aromatic heterocycles. The van der Waals surface area contributed by atoms with Crippen molar-refractivity contribution in [1.82, 2.24) is 9.62 Å². The number of halogens is 2. The Balaban J connectivity index is 1.77. The highest BCUT2D eigenvalue weighted by Crippen LogP contribution is 2.23. The van der Waals surface area contributed by atoms with E-state index in [-0.39, 0.29) is 23.8 Å². The van der Waals surface area contributed by atoms with E-state index in [1.54, 1.807) is 54.6 Å². The molecular weight excluding hydrogens is 463 g/mol. The highest BCUT2D eigenvalue weighted by atomic mass is 35.5. The molecule has 0 heterocycles. The number of carbonyl (C=O) groups is 1. The van der Waals surface area contributed by atoms with Crippen LogP contribution < -0.4 is 5.32 Å². The Morgan fingerprint density at radius 1 is 1.00 bits per heavy atom. The number of benzene rings is 3. The fourth-order valence-corrected chi connectivity index (χ4v) is 4.93. The first-order chi connectivity index (χ1) is 15.7. The van der Waals surface area contributed by atoms with Crippen molar-refractivity contribution in [3.8, 4) is 0 Å². The molecule has 3 aromatic carbocycles. The van der Waals surface area contributed by atoms with Crippen LogP contribution in [0.2, 0.25) is 5.02 Å². The van der Waals surface area contributed by atoms with Crippen LogP contribution in [0.3, 0.4) is 0 Å². The molecule has 1 amide bonds. The number of hydrogen-bond donors (Lipinski definition) is 1. The second kappa shape index (κ2) is 10.9. The zero-order valence-corrected chi connectivity index (χ0v) is 20.1. The van der Waals surface area contributed by atoms with Crippen molar-refractivity contribution in [2.75, 3.05) is 13.1 Å². The van der Waals surface area contributed by atoms with Crippen molar-refractivity contribution in [3.63, 3.8) is 0 Å². The average molecular weight is 489 g/mol. The summed E-state index contributed by atoms with van der Waals surface area (Å²) in [6.45, 7) is 3.65. The number of amides is 1. The van der Waals surface area contributed by atoms with Crippen LogP contribution in [0.5, 0.6) is 0 Å². The molecule has 0 aliphatic rings. The minimum Gasteiger partial charge on any atom is -0.355 e. The first-order valence-corrected chi connectivity index (χ1v) is 12.3. The molecule has 3 aromatic rings. The lowest BCUT2D eigenvalue weighted by Crippen LogP contribution is -2.41. The van der Waals surface area contributed by atoms with Crippen molar-refractivity contribution in [2.24, 2.45) is 0 Å². The van der Waals surface area contributed by atoms with Gasteiger partial charge in [-0.1, -0.05) is 48.0 Å². The molecule has 0 atom stereocenters. The number of carbonyl (C=O) groups excluding carboxylic acids is 1. The molecule has 0 fully saturated rings. The smallest absolute Gasteiger partial charge is 0.243 e. The number of nitrogens with zero attached hydrogens (tertiary/aromatic N) is 1. The molecule has 0 saturated heterocycles. The van der Waals surface area contributed by atoms with Gasteiger partial charge < -0.3 is 5.32 Å². The Kier molecular flexibility index (Phi) is 8.24. The molecule has 0 unspecified atom stereocenters. The third-order valence-electron chi connectivity index (χ3n) is 5.39. The largest absolute Gasteiger partial charge is 0.355 e. The van der Waals surface area contributed by atoms with Gasteiger partial charge in [0, 0.05) is 18.1 Å². The lowest BCUT2D eigenvalue weighted by molar-refractivity contribution is -0.121. The predicted molar refractivity (Wildman–Crippen MR) is 128 cm³/mol. The Labute approximate surface area is 199 Å². The lowest BCUT2D eigenvalue weighted by Gasteiger charge is -2.23. The van der Waals surface area contributed by atoms with Crippen LogP contribution in [-0.2, 0) is 27.8 Å². The molecule has 8 heteroatoms. The summed E-state index contributed by atoms with van der Waals surface area (Å²) in [5.74, 6) is -0.758. The van der Waals surface area contributed by atoms with E-state index in [4.69, 9.17) is 11.6 Å². The number of hydrogen-bond acceptors (Lipinski definition) is 3. The second-order valence-electron chi connectivity index (χ2n) is 7.84. The molecule has 174 valence electrons. The maximum atomic E-state index is 13.4. The zero-order chi connectivity index (χ0) is 24.0. The van der Waals surface area contributed by atoms with Crippen LogP contribution in [0.25, 0.3) is 0 Å². The highest BCUT2D eigenvalue weighted by molar-refractivity contribution is 7.89. The van der Waals surface area contributed by atoms with Gasteiger partial charge in [0.1, 0.15) is 5.82 Å². The Hall–Kier alpha value is -2.74. The first kappa shape index (κ1) is 24.9. The van der Waals surface area contributed by atoms with E-state index in [0.717, 1.165) is 21.0 Å². The second-order valence-corrected chi connectivity index (χ2v) is 10.2. The van der Waals surface area contributed by atoms with Crippen LogP contribution in [0.15, 0.2) is 71.6 Å². The van der Waals surface area contributed by atoms with E-state index >= 15 is 0 Å². The standard InChI is InChI=1S/C25H26ClFN2O3S/c1-18-7-12-23(15-19(18)2)33(31,32)29(16-21-5-3-4-6-24(21)26)17-25(30)28-14-13-20-8-10-22(27)11-9-20/h3-12,15H,13-14,16-17H2,1-2H3,(H,28,30). The van der Waals surface area contributed by atoms with Gasteiger partial charge in [-0.3, -0.25) is 4.79 Å². The Bertz CT molecular complexity index is 1230. The van der Waals surface area contributed by atoms with Crippen LogP contribution in [0, 0.1) is 19.7 Å². The van der Waals surface area contributed by atoms with Crippen LogP contribution in [0.4, 0.5) is 4.39 Å². The number of rotatable bonds is 9. The SMILES string of the molecule is Cc1ccc(S(=O)(=O)N(CC(=O)NCCc2ccc(F)cc2)Cc2ccccc2Cl)cc1C. The first-order valence-electron chi connectivity index (χ1n) is 10.5. The summed E-state index contributed by atoms with van der Waals surface area (Å²) in [5, 5.41) is 3.17. The zero-order valence-electron chi connectivity index (χ0n) is 18.5. The quantitative estimate of drug-likeness (QED) is 0.477. The topological polar surface area (TPSA) is 66.5 Å². The van der Waals surface area contributed by atoms with Gasteiger partial charge in [0.15, 0.2) is 0 Å². The summed E-state index contributed by atoms with van der Waals surface area (Å²) >= 11 is 6.26. The molecule has 0 saturated carbocycles. The maximum Gasteiger partial charge on any atom is 0.243 e. The molecule has 0 bridgehead atoms. The molecule has 0 spiro atoms. The number of sulfonamides is 1. The lowest BCUT2D eigenvalue weighted by atomic mass is 10.1. The van der Waals surface area contributed by atoms with Gasteiger partial charge >= 0.3 is 0 Å². The van der Waals surface area contributed by atoms with E-state index in [1.165, 1.54) is 12.1 Å². The Morgan fingerprint density at radius 3 is 2.36 bits per heavy atom. The van der Waals surface area contributed by atoms with Crippen LogP contribution in [-0.4, -0.2) is 31.7 Å². The molecule has 1 N–H and O–H groups in total. The molecule has 3 rings (SSSR count). The predicted octanol–water partition coefficient (Wildman–Crippen LogP) is 4.65. The minimum atomic E-state index is -3.96. The summed E-state index contributed by atoms with van der Waals surface area (Å²) in [7, 11) is -3.96. The fraction of sp³-hybridized carbons (Fsp3) is 0.240. The summed E-state index contributed by atoms with van der Waals surface area (Å²) in [5.41, 5.74) is 3.29. The van der Waals surface area contributed by atoms with E-state index in [0.29, 0.717) is 23.6 Å². The van der Waals surface area contributed by atoms with E-state index in [9.17, 15) is 17.6 Å². The van der Waals surface area contributed by atoms with Crippen molar-refractivity contribution < 1.29 is 17.6 Å². The maximum absolute atomic E-state index is 13.4. The Morgan fingerprint density at radius 2 is 1.70 bits per heavy atom. The monoisotopic (exact) mass is 488 g/mol. The minimum absolute atomic E-state index is 0.0414. The van der Waals surface area contributed by atoms with Gasteiger partial charge in [0.2, 0.25) is 15.9 Å². The van der Waals surface area contributed by atoms with Crippen molar-refractivity contribution in [3.05, 3.63) is 99.8 Å². The van der Waals surface area contributed by atoms with Crippen LogP contribution >= 0.6 is 11.6 Å². The molecule has 0 aliphatic carbocycles. The molecule has 5 nitrogen and oxygen atoms in total. The van der Waals surface area contributed by atoms with Crippen LogP contribution in [0.1, 0.15) is 22.3 Å². The van der Waals surface area contributed by atoms with Gasteiger partial charge in [-0.05, 0) is 72.9 Å². The summed E-state index contributed by atoms with van der Waals surface area (Å²) in [6, 6.07) is 17.9. The van der Waals surface area contributed by atoms with Crippen molar-refractivity contribution in [1.29, 1.82) is 0 Å². The number of aryl methyl sites for hydroxylation is 2. The molecule has 33 heavy (non-hydrogen) atoms. The van der Waals surface area contributed by atoms with Gasteiger partial charge in [-0.2, -0.15) is 4.31 Å². The van der Waals surface area contributed by atoms with Gasteiger partial charge in [-0.15, -0.1) is 0 Å².